The third-order valence-electron chi connectivity index (χ3n) is 2.70. The smallest absolute Gasteiger partial charge is 0.260 e. The molecule has 1 heterocycles. The monoisotopic (exact) mass is 260 g/mol. The number of benzene rings is 1. The highest BCUT2D eigenvalue weighted by Crippen LogP contribution is 2.08. The minimum absolute atomic E-state index is 0.0707. The van der Waals surface area contributed by atoms with Crippen molar-refractivity contribution in [2.75, 3.05) is 7.05 Å². The summed E-state index contributed by atoms with van der Waals surface area (Å²) in [5, 5.41) is 0. The molecule has 0 atom stereocenters. The molecule has 5 heteroatoms. The van der Waals surface area contributed by atoms with E-state index < -0.39 is 11.5 Å². The number of rotatable bonds is 3. The van der Waals surface area contributed by atoms with Gasteiger partial charge in [-0.3, -0.25) is 9.59 Å². The average molecular weight is 260 g/mol. The molecule has 19 heavy (non-hydrogen) atoms. The minimum atomic E-state index is -0.432. The molecular weight excluding hydrogens is 247 g/mol. The lowest BCUT2D eigenvalue weighted by molar-refractivity contribution is 0.0783. The van der Waals surface area contributed by atoms with E-state index in [1.54, 1.807) is 25.2 Å². The molecule has 0 aliphatic carbocycles. The van der Waals surface area contributed by atoms with Gasteiger partial charge in [-0.1, -0.05) is 12.1 Å². The number of nitrogens with zero attached hydrogens (tertiary/aromatic N) is 1. The van der Waals surface area contributed by atoms with Crippen LogP contribution in [0.5, 0.6) is 0 Å². The van der Waals surface area contributed by atoms with Crippen molar-refractivity contribution in [2.24, 2.45) is 0 Å². The van der Waals surface area contributed by atoms with Crippen molar-refractivity contribution in [3.05, 3.63) is 69.9 Å². The van der Waals surface area contributed by atoms with Crippen LogP contribution in [0.2, 0.25) is 0 Å². The molecule has 2 rings (SSSR count). The van der Waals surface area contributed by atoms with Gasteiger partial charge in [-0.2, -0.15) is 0 Å². The maximum atomic E-state index is 13.0. The van der Waals surface area contributed by atoms with Crippen LogP contribution in [-0.4, -0.2) is 22.8 Å². The minimum Gasteiger partial charge on any atom is -0.337 e. The summed E-state index contributed by atoms with van der Waals surface area (Å²) in [7, 11) is 1.57. The Balaban J connectivity index is 2.17. The van der Waals surface area contributed by atoms with Crippen LogP contribution in [0.25, 0.3) is 0 Å². The molecule has 1 N–H and O–H groups in total. The highest BCUT2D eigenvalue weighted by molar-refractivity contribution is 5.93. The molecule has 1 aromatic heterocycles. The van der Waals surface area contributed by atoms with E-state index in [1.165, 1.54) is 29.3 Å². The van der Waals surface area contributed by atoms with Crippen molar-refractivity contribution in [1.29, 1.82) is 0 Å². The molecule has 0 unspecified atom stereocenters. The van der Waals surface area contributed by atoms with Gasteiger partial charge in [-0.25, -0.2) is 4.39 Å². The molecule has 4 nitrogen and oxygen atoms in total. The van der Waals surface area contributed by atoms with Gasteiger partial charge >= 0.3 is 0 Å². The van der Waals surface area contributed by atoms with Crippen LogP contribution in [0.1, 0.15) is 15.9 Å². The third-order valence-corrected chi connectivity index (χ3v) is 2.70. The zero-order valence-corrected chi connectivity index (χ0v) is 10.4. The molecule has 0 fully saturated rings. The van der Waals surface area contributed by atoms with Gasteiger partial charge < -0.3 is 9.88 Å². The Kier molecular flexibility index (Phi) is 3.75. The lowest BCUT2D eigenvalue weighted by atomic mass is 10.2. The van der Waals surface area contributed by atoms with E-state index in [1.807, 2.05) is 0 Å². The Morgan fingerprint density at radius 3 is 2.79 bits per heavy atom. The van der Waals surface area contributed by atoms with Gasteiger partial charge in [-0.15, -0.1) is 0 Å². The molecule has 2 aromatic rings. The molecule has 0 bridgehead atoms. The van der Waals surface area contributed by atoms with Crippen LogP contribution in [0.15, 0.2) is 47.4 Å². The maximum Gasteiger partial charge on any atom is 0.260 e. The normalized spacial score (nSPS) is 10.2. The van der Waals surface area contributed by atoms with E-state index in [-0.39, 0.29) is 17.9 Å². The molecule has 98 valence electrons. The van der Waals surface area contributed by atoms with Crippen LogP contribution >= 0.6 is 0 Å². The highest BCUT2D eigenvalue weighted by atomic mass is 19.1. The summed E-state index contributed by atoms with van der Waals surface area (Å²) < 4.78 is 13.0. The predicted molar refractivity (Wildman–Crippen MR) is 69.3 cm³/mol. The molecule has 0 saturated heterocycles. The molecule has 0 saturated carbocycles. The molecule has 0 aliphatic heterocycles. The number of hydrogen-bond acceptors (Lipinski definition) is 2. The molecule has 0 aliphatic rings. The summed E-state index contributed by atoms with van der Waals surface area (Å²) in [6, 6.07) is 9.06. The van der Waals surface area contributed by atoms with Crippen LogP contribution < -0.4 is 5.56 Å². The van der Waals surface area contributed by atoms with E-state index in [0.717, 1.165) is 0 Å². The fourth-order valence-electron chi connectivity index (χ4n) is 1.78. The van der Waals surface area contributed by atoms with E-state index in [2.05, 4.69) is 4.98 Å². The number of halogens is 1. The van der Waals surface area contributed by atoms with Gasteiger partial charge in [0, 0.05) is 19.8 Å². The Labute approximate surface area is 109 Å². The Morgan fingerprint density at radius 1 is 1.32 bits per heavy atom. The zero-order valence-electron chi connectivity index (χ0n) is 10.4. The first-order chi connectivity index (χ1) is 9.08. The van der Waals surface area contributed by atoms with Crippen molar-refractivity contribution >= 4 is 5.91 Å². The second-order valence-electron chi connectivity index (χ2n) is 4.20. The molecule has 0 spiro atoms. The van der Waals surface area contributed by atoms with Gasteiger partial charge in [0.1, 0.15) is 11.4 Å². The zero-order chi connectivity index (χ0) is 13.8. The Hall–Kier alpha value is -2.43. The lowest BCUT2D eigenvalue weighted by Crippen LogP contribution is -2.31. The fourth-order valence-corrected chi connectivity index (χ4v) is 1.78. The van der Waals surface area contributed by atoms with Gasteiger partial charge in [0.25, 0.3) is 11.5 Å². The third kappa shape index (κ3) is 3.07. The van der Waals surface area contributed by atoms with Crippen molar-refractivity contribution in [3.63, 3.8) is 0 Å². The summed E-state index contributed by atoms with van der Waals surface area (Å²) >= 11 is 0. The number of aromatic amines is 1. The first-order valence-electron chi connectivity index (χ1n) is 5.75. The molecule has 0 radical (unpaired) electrons. The van der Waals surface area contributed by atoms with Crippen molar-refractivity contribution in [1.82, 2.24) is 9.88 Å². The van der Waals surface area contributed by atoms with Crippen molar-refractivity contribution in [3.8, 4) is 0 Å². The first-order valence-corrected chi connectivity index (χ1v) is 5.75. The van der Waals surface area contributed by atoms with E-state index in [4.69, 9.17) is 0 Å². The average Bonchev–Trinajstić information content (AvgIpc) is 2.38. The van der Waals surface area contributed by atoms with Crippen LogP contribution in [0.3, 0.4) is 0 Å². The summed E-state index contributed by atoms with van der Waals surface area (Å²) in [6.45, 7) is 0.241. The van der Waals surface area contributed by atoms with E-state index in [9.17, 15) is 14.0 Å². The van der Waals surface area contributed by atoms with Crippen LogP contribution in [0, 0.1) is 5.82 Å². The summed E-state index contributed by atoms with van der Waals surface area (Å²) in [5.74, 6) is -0.748. The van der Waals surface area contributed by atoms with E-state index >= 15 is 0 Å². The van der Waals surface area contributed by atoms with Gasteiger partial charge in [0.15, 0.2) is 0 Å². The van der Waals surface area contributed by atoms with E-state index in [0.29, 0.717) is 5.56 Å². The standard InChI is InChI=1S/C14H13FN2O2/c1-17(9-10-4-2-5-11(15)8-10)14(19)12-6-3-7-16-13(12)18/h2-8H,9H2,1H3,(H,16,18). The molecular formula is C14H13FN2O2. The quantitative estimate of drug-likeness (QED) is 0.914. The molecule has 1 amide bonds. The lowest BCUT2D eigenvalue weighted by Gasteiger charge is -2.16. The summed E-state index contributed by atoms with van der Waals surface area (Å²) in [5.41, 5.74) is 0.309. The predicted octanol–water partition coefficient (Wildman–Crippen LogP) is 1.79. The van der Waals surface area contributed by atoms with Crippen LogP contribution in [-0.2, 0) is 6.54 Å². The second kappa shape index (κ2) is 5.48. The topological polar surface area (TPSA) is 53.2 Å². The SMILES string of the molecule is CN(Cc1cccc(F)c1)C(=O)c1ccc[nH]c1=O. The highest BCUT2D eigenvalue weighted by Gasteiger charge is 2.15. The largest absolute Gasteiger partial charge is 0.337 e. The van der Waals surface area contributed by atoms with Gasteiger partial charge in [0.05, 0.1) is 0 Å². The van der Waals surface area contributed by atoms with Crippen molar-refractivity contribution in [2.45, 2.75) is 6.54 Å². The number of hydrogen-bond donors (Lipinski definition) is 1. The Morgan fingerprint density at radius 2 is 2.11 bits per heavy atom. The second-order valence-corrected chi connectivity index (χ2v) is 4.20. The van der Waals surface area contributed by atoms with Crippen LogP contribution in [0.4, 0.5) is 4.39 Å². The number of aromatic nitrogens is 1. The number of pyridine rings is 1. The molecule has 1 aromatic carbocycles. The summed E-state index contributed by atoms with van der Waals surface area (Å²) in [4.78, 5) is 27.4. The number of carbonyl (C=O) groups is 1. The number of amides is 1. The van der Waals surface area contributed by atoms with Gasteiger partial charge in [-0.05, 0) is 29.8 Å². The Bertz CT molecular complexity index is 652. The van der Waals surface area contributed by atoms with Crippen molar-refractivity contribution < 1.29 is 9.18 Å². The fraction of sp³-hybridized carbons (Fsp3) is 0.143. The number of carbonyl (C=O) groups excluding carboxylic acids is 1. The first kappa shape index (κ1) is 13.0. The maximum absolute atomic E-state index is 13.0. The van der Waals surface area contributed by atoms with Gasteiger partial charge in [0.2, 0.25) is 0 Å². The number of nitrogens with one attached hydrogen (secondary N) is 1. The number of H-pyrrole nitrogens is 1. The summed E-state index contributed by atoms with van der Waals surface area (Å²) in [6.07, 6.45) is 1.46.